The first kappa shape index (κ1) is 20.3. The standard InChI is InChI=1S/C20H25ClN4O3/c1-13(2)25(14(3)26)12-18(27)24-10-5-4-9-17(24)20-22-19(23-28-20)15-7-6-8-16(21)11-15/h6-8,11,13,17H,4-5,9-10,12H2,1-3H3/t17-/m1/s1. The van der Waals surface area contributed by atoms with Crippen LogP contribution in [0.1, 0.15) is 52.0 Å². The van der Waals surface area contributed by atoms with Gasteiger partial charge in [-0.3, -0.25) is 9.59 Å². The fourth-order valence-corrected chi connectivity index (χ4v) is 3.69. The smallest absolute Gasteiger partial charge is 0.249 e. The summed E-state index contributed by atoms with van der Waals surface area (Å²) in [6.07, 6.45) is 2.65. The third-order valence-electron chi connectivity index (χ3n) is 4.97. The summed E-state index contributed by atoms with van der Waals surface area (Å²) in [5.74, 6) is 0.652. The zero-order chi connectivity index (χ0) is 20.3. The predicted molar refractivity (Wildman–Crippen MR) is 106 cm³/mol. The molecular formula is C20H25ClN4O3. The van der Waals surface area contributed by atoms with Gasteiger partial charge in [0.2, 0.25) is 23.5 Å². The summed E-state index contributed by atoms with van der Waals surface area (Å²) in [6, 6.07) is 6.92. The third-order valence-corrected chi connectivity index (χ3v) is 5.20. The number of carbonyl (C=O) groups excluding carboxylic acids is 2. The number of carbonyl (C=O) groups is 2. The Labute approximate surface area is 169 Å². The highest BCUT2D eigenvalue weighted by Crippen LogP contribution is 2.31. The van der Waals surface area contributed by atoms with Crippen molar-refractivity contribution in [3.8, 4) is 11.4 Å². The van der Waals surface area contributed by atoms with Crippen LogP contribution in [0.2, 0.25) is 5.02 Å². The fraction of sp³-hybridized carbons (Fsp3) is 0.500. The third kappa shape index (κ3) is 4.52. The molecule has 2 aromatic rings. The molecule has 8 heteroatoms. The van der Waals surface area contributed by atoms with Crippen molar-refractivity contribution in [3.05, 3.63) is 35.2 Å². The summed E-state index contributed by atoms with van der Waals surface area (Å²) in [5.41, 5.74) is 0.763. The van der Waals surface area contributed by atoms with Crippen molar-refractivity contribution in [3.63, 3.8) is 0 Å². The monoisotopic (exact) mass is 404 g/mol. The van der Waals surface area contributed by atoms with Crippen LogP contribution in [0.4, 0.5) is 0 Å². The van der Waals surface area contributed by atoms with E-state index in [1.807, 2.05) is 26.0 Å². The molecule has 1 aromatic carbocycles. The summed E-state index contributed by atoms with van der Waals surface area (Å²) < 4.78 is 5.50. The Balaban J connectivity index is 1.80. The molecule has 0 aliphatic carbocycles. The largest absolute Gasteiger partial charge is 0.337 e. The highest BCUT2D eigenvalue weighted by molar-refractivity contribution is 6.30. The van der Waals surface area contributed by atoms with E-state index >= 15 is 0 Å². The Morgan fingerprint density at radius 2 is 2.14 bits per heavy atom. The molecule has 1 aliphatic heterocycles. The van der Waals surface area contributed by atoms with Gasteiger partial charge in [-0.25, -0.2) is 0 Å². The van der Waals surface area contributed by atoms with Crippen molar-refractivity contribution in [1.29, 1.82) is 0 Å². The molecule has 1 atom stereocenters. The number of nitrogens with zero attached hydrogens (tertiary/aromatic N) is 4. The van der Waals surface area contributed by atoms with Gasteiger partial charge in [0.15, 0.2) is 0 Å². The lowest BCUT2D eigenvalue weighted by atomic mass is 10.0. The number of aromatic nitrogens is 2. The summed E-state index contributed by atoms with van der Waals surface area (Å²) in [6.45, 7) is 5.95. The van der Waals surface area contributed by atoms with Crippen LogP contribution in [-0.4, -0.2) is 50.9 Å². The number of benzene rings is 1. The van der Waals surface area contributed by atoms with Crippen molar-refractivity contribution < 1.29 is 14.1 Å². The second-order valence-electron chi connectivity index (χ2n) is 7.31. The van der Waals surface area contributed by atoms with Gasteiger partial charge < -0.3 is 14.3 Å². The quantitative estimate of drug-likeness (QED) is 0.759. The van der Waals surface area contributed by atoms with E-state index in [1.165, 1.54) is 6.92 Å². The predicted octanol–water partition coefficient (Wildman–Crippen LogP) is 3.70. The summed E-state index contributed by atoms with van der Waals surface area (Å²) in [5, 5.41) is 4.66. The summed E-state index contributed by atoms with van der Waals surface area (Å²) in [7, 11) is 0. The minimum atomic E-state index is -0.275. The van der Waals surface area contributed by atoms with Crippen molar-refractivity contribution in [2.75, 3.05) is 13.1 Å². The van der Waals surface area contributed by atoms with Crippen LogP contribution in [0.5, 0.6) is 0 Å². The second-order valence-corrected chi connectivity index (χ2v) is 7.74. The second kappa shape index (κ2) is 8.73. The molecule has 28 heavy (non-hydrogen) atoms. The van der Waals surface area contributed by atoms with Crippen molar-refractivity contribution in [1.82, 2.24) is 19.9 Å². The number of hydrogen-bond donors (Lipinski definition) is 0. The first-order valence-corrected chi connectivity index (χ1v) is 9.91. The number of amides is 2. The van der Waals surface area contributed by atoms with Gasteiger partial charge in [-0.05, 0) is 45.2 Å². The van der Waals surface area contributed by atoms with Crippen molar-refractivity contribution >= 4 is 23.4 Å². The molecule has 0 spiro atoms. The van der Waals surface area contributed by atoms with Crippen LogP contribution in [0.3, 0.4) is 0 Å². The van der Waals surface area contributed by atoms with E-state index in [-0.39, 0.29) is 30.4 Å². The molecule has 150 valence electrons. The Kier molecular flexibility index (Phi) is 6.34. The number of halogens is 1. The molecule has 1 aliphatic rings. The highest BCUT2D eigenvalue weighted by atomic mass is 35.5. The first-order chi connectivity index (χ1) is 13.4. The summed E-state index contributed by atoms with van der Waals surface area (Å²) in [4.78, 5) is 32.6. The van der Waals surface area contributed by atoms with E-state index in [2.05, 4.69) is 10.1 Å². The van der Waals surface area contributed by atoms with Crippen LogP contribution in [-0.2, 0) is 9.59 Å². The van der Waals surface area contributed by atoms with Crippen LogP contribution in [0.15, 0.2) is 28.8 Å². The van der Waals surface area contributed by atoms with Crippen molar-refractivity contribution in [2.45, 2.75) is 52.1 Å². The van der Waals surface area contributed by atoms with Gasteiger partial charge in [0.1, 0.15) is 6.04 Å². The molecule has 7 nitrogen and oxygen atoms in total. The number of piperidine rings is 1. The van der Waals surface area contributed by atoms with Gasteiger partial charge in [-0.2, -0.15) is 4.98 Å². The van der Waals surface area contributed by atoms with Crippen LogP contribution >= 0.6 is 11.6 Å². The maximum Gasteiger partial charge on any atom is 0.249 e. The van der Waals surface area contributed by atoms with E-state index in [0.29, 0.717) is 23.3 Å². The number of rotatable bonds is 5. The van der Waals surface area contributed by atoms with Crippen molar-refractivity contribution in [2.24, 2.45) is 0 Å². The maximum absolute atomic E-state index is 12.9. The van der Waals surface area contributed by atoms with Gasteiger partial charge in [0.25, 0.3) is 0 Å². The van der Waals surface area contributed by atoms with E-state index in [0.717, 1.165) is 24.8 Å². The minimum absolute atomic E-state index is 0.0393. The molecule has 0 radical (unpaired) electrons. The Morgan fingerprint density at radius 3 is 2.82 bits per heavy atom. The SMILES string of the molecule is CC(=O)N(CC(=O)N1CCCC[C@@H]1c1nc(-c2cccc(Cl)c2)no1)C(C)C. The normalized spacial score (nSPS) is 17.0. The lowest BCUT2D eigenvalue weighted by Crippen LogP contribution is -2.47. The molecule has 0 bridgehead atoms. The highest BCUT2D eigenvalue weighted by Gasteiger charge is 2.33. The molecule has 0 unspecified atom stereocenters. The van der Waals surface area contributed by atoms with Crippen LogP contribution in [0, 0.1) is 0 Å². The summed E-state index contributed by atoms with van der Waals surface area (Å²) >= 11 is 6.04. The molecule has 0 saturated carbocycles. The lowest BCUT2D eigenvalue weighted by Gasteiger charge is -2.35. The molecule has 1 fully saturated rings. The van der Waals surface area contributed by atoms with Gasteiger partial charge in [-0.1, -0.05) is 28.9 Å². The fourth-order valence-electron chi connectivity index (χ4n) is 3.50. The molecule has 2 amide bonds. The van der Waals surface area contributed by atoms with E-state index in [1.54, 1.807) is 21.9 Å². The van der Waals surface area contributed by atoms with Gasteiger partial charge >= 0.3 is 0 Å². The maximum atomic E-state index is 12.9. The minimum Gasteiger partial charge on any atom is -0.337 e. The molecule has 3 rings (SSSR count). The van der Waals surface area contributed by atoms with Gasteiger partial charge in [0.05, 0.1) is 6.54 Å². The topological polar surface area (TPSA) is 79.5 Å². The Bertz CT molecular complexity index is 851. The van der Waals surface area contributed by atoms with E-state index in [4.69, 9.17) is 16.1 Å². The van der Waals surface area contributed by atoms with Crippen LogP contribution < -0.4 is 0 Å². The molecule has 1 aromatic heterocycles. The molecule has 1 saturated heterocycles. The first-order valence-electron chi connectivity index (χ1n) is 9.53. The van der Waals surface area contributed by atoms with E-state index in [9.17, 15) is 9.59 Å². The molecule has 0 N–H and O–H groups in total. The Hall–Kier alpha value is -2.41. The lowest BCUT2D eigenvalue weighted by molar-refractivity contribution is -0.143. The Morgan fingerprint density at radius 1 is 1.36 bits per heavy atom. The van der Waals surface area contributed by atoms with Gasteiger partial charge in [0, 0.05) is 30.1 Å². The zero-order valence-corrected chi connectivity index (χ0v) is 17.1. The van der Waals surface area contributed by atoms with Crippen LogP contribution in [0.25, 0.3) is 11.4 Å². The zero-order valence-electron chi connectivity index (χ0n) is 16.4. The molecule has 2 heterocycles. The average molecular weight is 405 g/mol. The van der Waals surface area contributed by atoms with E-state index < -0.39 is 0 Å². The number of hydrogen-bond acceptors (Lipinski definition) is 5. The molecular weight excluding hydrogens is 380 g/mol. The average Bonchev–Trinajstić information content (AvgIpc) is 3.15. The van der Waals surface area contributed by atoms with Gasteiger partial charge in [-0.15, -0.1) is 0 Å². The number of likely N-dealkylation sites (tertiary alicyclic amines) is 1.